The summed E-state index contributed by atoms with van der Waals surface area (Å²) < 4.78 is 39.3. The number of hydrogen-bond donors (Lipinski definition) is 2. The summed E-state index contributed by atoms with van der Waals surface area (Å²) in [6, 6.07) is 2.79. The van der Waals surface area contributed by atoms with E-state index in [1.54, 1.807) is 11.9 Å². The minimum absolute atomic E-state index is 0.134. The summed E-state index contributed by atoms with van der Waals surface area (Å²) in [6.07, 6.45) is -4.56. The molecule has 0 bridgehead atoms. The van der Waals surface area contributed by atoms with Crippen molar-refractivity contribution < 1.29 is 13.2 Å². The predicted octanol–water partition coefficient (Wildman–Crippen LogP) is 3.24. The fourth-order valence-corrected chi connectivity index (χ4v) is 3.09. The van der Waals surface area contributed by atoms with Crippen LogP contribution in [0.15, 0.2) is 22.0 Å². The van der Waals surface area contributed by atoms with Crippen molar-refractivity contribution in [1.29, 1.82) is 0 Å². The van der Waals surface area contributed by atoms with Gasteiger partial charge >= 0.3 is 6.18 Å². The van der Waals surface area contributed by atoms with Gasteiger partial charge < -0.3 is 4.90 Å². The summed E-state index contributed by atoms with van der Waals surface area (Å²) in [6.45, 7) is 0.425. The summed E-state index contributed by atoms with van der Waals surface area (Å²) in [5.74, 6) is 4.98. The molecule has 0 atom stereocenters. The number of nitrogens with two attached hydrogens (primary N) is 1. The van der Waals surface area contributed by atoms with Crippen LogP contribution in [0.4, 0.5) is 24.9 Å². The standard InChI is InChI=1S/C11H11BrF3N5S/c1-20(4-7-2-6(12)5-21-7)9-3-8(11(13,14)15)17-10(18-9)19-16/h2-3,5H,4,16H2,1H3,(H,17,18,19). The average Bonchev–Trinajstić information content (AvgIpc) is 2.82. The van der Waals surface area contributed by atoms with Crippen molar-refractivity contribution in [1.82, 2.24) is 9.97 Å². The van der Waals surface area contributed by atoms with Crippen LogP contribution in [0.5, 0.6) is 0 Å². The molecule has 10 heteroatoms. The van der Waals surface area contributed by atoms with Gasteiger partial charge in [0.15, 0.2) is 5.69 Å². The molecule has 2 aromatic heterocycles. The van der Waals surface area contributed by atoms with Crippen LogP contribution in [0.25, 0.3) is 0 Å². The predicted molar refractivity (Wildman–Crippen MR) is 79.0 cm³/mol. The molecule has 2 heterocycles. The molecule has 0 aliphatic rings. The number of hydrogen-bond acceptors (Lipinski definition) is 6. The lowest BCUT2D eigenvalue weighted by Crippen LogP contribution is -2.21. The van der Waals surface area contributed by atoms with Gasteiger partial charge in [-0.15, -0.1) is 11.3 Å². The highest BCUT2D eigenvalue weighted by atomic mass is 79.9. The number of halogens is 4. The van der Waals surface area contributed by atoms with E-state index in [1.807, 2.05) is 16.9 Å². The van der Waals surface area contributed by atoms with Crippen molar-refractivity contribution in [2.24, 2.45) is 5.84 Å². The summed E-state index contributed by atoms with van der Waals surface area (Å²) >= 11 is 4.83. The Kier molecular flexibility index (Phi) is 4.69. The third kappa shape index (κ3) is 4.05. The Labute approximate surface area is 131 Å². The van der Waals surface area contributed by atoms with Gasteiger partial charge in [0.25, 0.3) is 0 Å². The van der Waals surface area contributed by atoms with Gasteiger partial charge in [-0.2, -0.15) is 18.2 Å². The summed E-state index contributed by atoms with van der Waals surface area (Å²) in [5.41, 5.74) is 1.01. The van der Waals surface area contributed by atoms with Gasteiger partial charge in [0.2, 0.25) is 5.95 Å². The molecule has 0 unspecified atom stereocenters. The number of nitrogen functional groups attached to an aromatic ring is 1. The highest BCUT2D eigenvalue weighted by Crippen LogP contribution is 2.31. The molecule has 21 heavy (non-hydrogen) atoms. The maximum atomic E-state index is 12.8. The van der Waals surface area contributed by atoms with Crippen LogP contribution in [-0.2, 0) is 12.7 Å². The van der Waals surface area contributed by atoms with Gasteiger partial charge in [0.1, 0.15) is 5.82 Å². The highest BCUT2D eigenvalue weighted by Gasteiger charge is 2.34. The first-order valence-corrected chi connectivity index (χ1v) is 7.34. The van der Waals surface area contributed by atoms with E-state index in [9.17, 15) is 13.2 Å². The minimum Gasteiger partial charge on any atom is -0.354 e. The Morgan fingerprint density at radius 3 is 2.62 bits per heavy atom. The summed E-state index contributed by atoms with van der Waals surface area (Å²) in [4.78, 5) is 9.83. The van der Waals surface area contributed by atoms with E-state index in [0.717, 1.165) is 15.4 Å². The maximum absolute atomic E-state index is 12.8. The summed E-state index contributed by atoms with van der Waals surface area (Å²) in [5, 5.41) is 1.90. The Balaban J connectivity index is 2.29. The number of alkyl halides is 3. The lowest BCUT2D eigenvalue weighted by Gasteiger charge is -2.19. The molecular weight excluding hydrogens is 371 g/mol. The number of aromatic nitrogens is 2. The van der Waals surface area contributed by atoms with Crippen molar-refractivity contribution in [2.45, 2.75) is 12.7 Å². The van der Waals surface area contributed by atoms with Gasteiger partial charge in [0.05, 0.1) is 6.54 Å². The maximum Gasteiger partial charge on any atom is 0.433 e. The zero-order valence-corrected chi connectivity index (χ0v) is 13.2. The monoisotopic (exact) mass is 381 g/mol. The molecule has 5 nitrogen and oxygen atoms in total. The van der Waals surface area contributed by atoms with Crippen LogP contribution in [0.2, 0.25) is 0 Å². The van der Waals surface area contributed by atoms with Crippen molar-refractivity contribution >= 4 is 39.0 Å². The quantitative estimate of drug-likeness (QED) is 0.628. The normalized spacial score (nSPS) is 11.5. The molecular formula is C11H11BrF3N5S. The Bertz CT molecular complexity index is 631. The molecule has 2 aromatic rings. The van der Waals surface area contributed by atoms with Crippen LogP contribution in [0.3, 0.4) is 0 Å². The zero-order valence-electron chi connectivity index (χ0n) is 10.8. The molecule has 0 spiro atoms. The van der Waals surface area contributed by atoms with Crippen LogP contribution in [0.1, 0.15) is 10.6 Å². The molecule has 3 N–H and O–H groups in total. The first kappa shape index (κ1) is 16.0. The van der Waals surface area contributed by atoms with E-state index >= 15 is 0 Å². The van der Waals surface area contributed by atoms with Crippen LogP contribution >= 0.6 is 27.3 Å². The third-order valence-corrected chi connectivity index (χ3v) is 4.22. The fourth-order valence-electron chi connectivity index (χ4n) is 1.59. The second-order valence-electron chi connectivity index (χ2n) is 4.16. The average molecular weight is 382 g/mol. The number of rotatable bonds is 4. The molecule has 0 amide bonds. The largest absolute Gasteiger partial charge is 0.433 e. The van der Waals surface area contributed by atoms with Crippen molar-refractivity contribution in [3.05, 3.63) is 32.6 Å². The number of hydrazine groups is 1. The highest BCUT2D eigenvalue weighted by molar-refractivity contribution is 9.10. The molecule has 0 radical (unpaired) electrons. The fraction of sp³-hybridized carbons (Fsp3) is 0.273. The van der Waals surface area contributed by atoms with Crippen LogP contribution in [0, 0.1) is 0 Å². The Hall–Kier alpha value is -1.39. The van der Waals surface area contributed by atoms with Crippen molar-refractivity contribution in [3.8, 4) is 0 Å². The number of anilines is 2. The molecule has 0 aromatic carbocycles. The number of thiophene rings is 1. The molecule has 0 fully saturated rings. The lowest BCUT2D eigenvalue weighted by molar-refractivity contribution is -0.141. The van der Waals surface area contributed by atoms with Gasteiger partial charge in [-0.05, 0) is 22.0 Å². The topological polar surface area (TPSA) is 67.1 Å². The zero-order chi connectivity index (χ0) is 15.6. The van der Waals surface area contributed by atoms with Gasteiger partial charge in [-0.3, -0.25) is 5.43 Å². The molecule has 0 aliphatic heterocycles. The Morgan fingerprint density at radius 2 is 2.10 bits per heavy atom. The van der Waals surface area contributed by atoms with Crippen LogP contribution < -0.4 is 16.2 Å². The Morgan fingerprint density at radius 1 is 1.38 bits per heavy atom. The second-order valence-corrected chi connectivity index (χ2v) is 6.08. The molecule has 114 valence electrons. The first-order chi connectivity index (χ1) is 9.79. The van der Waals surface area contributed by atoms with E-state index in [1.165, 1.54) is 11.3 Å². The minimum atomic E-state index is -4.56. The van der Waals surface area contributed by atoms with E-state index in [-0.39, 0.29) is 11.8 Å². The van der Waals surface area contributed by atoms with Crippen LogP contribution in [-0.4, -0.2) is 17.0 Å². The van der Waals surface area contributed by atoms with E-state index in [2.05, 4.69) is 25.9 Å². The van der Waals surface area contributed by atoms with Crippen molar-refractivity contribution in [2.75, 3.05) is 17.4 Å². The van der Waals surface area contributed by atoms with E-state index in [0.29, 0.717) is 6.54 Å². The molecule has 0 saturated carbocycles. The molecule has 2 rings (SSSR count). The second kappa shape index (κ2) is 6.16. The third-order valence-electron chi connectivity index (χ3n) is 2.54. The first-order valence-electron chi connectivity index (χ1n) is 5.66. The number of nitrogens with zero attached hydrogens (tertiary/aromatic N) is 3. The molecule has 0 aliphatic carbocycles. The van der Waals surface area contributed by atoms with E-state index in [4.69, 9.17) is 5.84 Å². The summed E-state index contributed by atoms with van der Waals surface area (Å²) in [7, 11) is 1.65. The van der Waals surface area contributed by atoms with Gasteiger partial charge in [-0.1, -0.05) is 0 Å². The van der Waals surface area contributed by atoms with Gasteiger partial charge in [0, 0.05) is 27.8 Å². The molecule has 0 saturated heterocycles. The lowest BCUT2D eigenvalue weighted by atomic mass is 10.3. The van der Waals surface area contributed by atoms with Crippen molar-refractivity contribution in [3.63, 3.8) is 0 Å². The SMILES string of the molecule is CN(Cc1cc(Br)cs1)c1cc(C(F)(F)F)nc(NN)n1. The smallest absolute Gasteiger partial charge is 0.354 e. The number of nitrogens with one attached hydrogen (secondary N) is 1. The van der Waals surface area contributed by atoms with Gasteiger partial charge in [-0.25, -0.2) is 10.8 Å². The van der Waals surface area contributed by atoms with E-state index < -0.39 is 11.9 Å².